The van der Waals surface area contributed by atoms with Gasteiger partial charge in [-0.25, -0.2) is 0 Å². The molecule has 4 aromatic rings. The molecule has 0 aromatic heterocycles. The SMILES string of the molecule is CN(c1ccc2c(c1)C(C)(C)c1ccccc1-2)c1ccc(C(C)(C)C)cc1-c1ccccc1. The minimum Gasteiger partial charge on any atom is -0.344 e. The van der Waals surface area contributed by atoms with Crippen LogP contribution in [0.25, 0.3) is 22.3 Å². The molecule has 33 heavy (non-hydrogen) atoms. The molecular formula is C32H33N. The Labute approximate surface area is 198 Å². The van der Waals surface area contributed by atoms with E-state index in [0.717, 1.165) is 0 Å². The second-order valence-electron chi connectivity index (χ2n) is 10.8. The molecule has 0 aliphatic heterocycles. The summed E-state index contributed by atoms with van der Waals surface area (Å²) in [6, 6.07) is 33.5. The van der Waals surface area contributed by atoms with Crippen LogP contribution in [0.1, 0.15) is 51.3 Å². The van der Waals surface area contributed by atoms with E-state index in [9.17, 15) is 0 Å². The Morgan fingerprint density at radius 1 is 0.636 bits per heavy atom. The van der Waals surface area contributed by atoms with Gasteiger partial charge in [-0.15, -0.1) is 0 Å². The standard InChI is InChI=1S/C32H33N/c1-31(2,3)23-16-19-30(27(20-23)22-12-8-7-9-13-22)33(6)24-17-18-26-25-14-10-11-15-28(25)32(4,5)29(26)21-24/h7-21H,1-6H3. The normalized spacial score (nSPS) is 14.0. The first-order valence-corrected chi connectivity index (χ1v) is 11.9. The van der Waals surface area contributed by atoms with E-state index in [1.54, 1.807) is 0 Å². The fraction of sp³-hybridized carbons (Fsp3) is 0.250. The van der Waals surface area contributed by atoms with Gasteiger partial charge in [0.1, 0.15) is 0 Å². The number of fused-ring (bicyclic) bond motifs is 3. The average molecular weight is 432 g/mol. The second kappa shape index (κ2) is 7.63. The summed E-state index contributed by atoms with van der Waals surface area (Å²) in [5.74, 6) is 0. The van der Waals surface area contributed by atoms with Crippen molar-refractivity contribution in [3.05, 3.63) is 108 Å². The van der Waals surface area contributed by atoms with Crippen LogP contribution in [-0.4, -0.2) is 7.05 Å². The summed E-state index contributed by atoms with van der Waals surface area (Å²) >= 11 is 0. The van der Waals surface area contributed by atoms with E-state index in [-0.39, 0.29) is 10.8 Å². The fourth-order valence-corrected chi connectivity index (χ4v) is 5.18. The van der Waals surface area contributed by atoms with Crippen molar-refractivity contribution < 1.29 is 0 Å². The van der Waals surface area contributed by atoms with Gasteiger partial charge in [0.25, 0.3) is 0 Å². The van der Waals surface area contributed by atoms with Crippen LogP contribution in [0.3, 0.4) is 0 Å². The van der Waals surface area contributed by atoms with Crippen molar-refractivity contribution in [3.8, 4) is 22.3 Å². The van der Waals surface area contributed by atoms with Crippen LogP contribution in [0.4, 0.5) is 11.4 Å². The smallest absolute Gasteiger partial charge is 0.0487 e. The molecule has 0 spiro atoms. The van der Waals surface area contributed by atoms with Gasteiger partial charge in [0.15, 0.2) is 0 Å². The van der Waals surface area contributed by atoms with Crippen LogP contribution in [-0.2, 0) is 10.8 Å². The number of rotatable bonds is 3. The average Bonchev–Trinajstić information content (AvgIpc) is 3.05. The van der Waals surface area contributed by atoms with E-state index in [2.05, 4.69) is 138 Å². The van der Waals surface area contributed by atoms with Gasteiger partial charge < -0.3 is 4.90 Å². The lowest BCUT2D eigenvalue weighted by atomic mass is 9.82. The van der Waals surface area contributed by atoms with Crippen molar-refractivity contribution in [2.24, 2.45) is 0 Å². The molecule has 1 aliphatic rings. The van der Waals surface area contributed by atoms with Gasteiger partial charge in [-0.3, -0.25) is 0 Å². The fourth-order valence-electron chi connectivity index (χ4n) is 5.18. The highest BCUT2D eigenvalue weighted by Crippen LogP contribution is 2.50. The molecular weight excluding hydrogens is 398 g/mol. The van der Waals surface area contributed by atoms with Crippen LogP contribution in [0, 0.1) is 0 Å². The summed E-state index contributed by atoms with van der Waals surface area (Å²) in [6.07, 6.45) is 0. The van der Waals surface area contributed by atoms with Crippen molar-refractivity contribution in [3.63, 3.8) is 0 Å². The first kappa shape index (κ1) is 21.5. The van der Waals surface area contributed by atoms with Crippen LogP contribution in [0.2, 0.25) is 0 Å². The van der Waals surface area contributed by atoms with Crippen LogP contribution >= 0.6 is 0 Å². The molecule has 0 unspecified atom stereocenters. The van der Waals surface area contributed by atoms with Crippen molar-refractivity contribution >= 4 is 11.4 Å². The minimum absolute atomic E-state index is 0.00112. The monoisotopic (exact) mass is 431 g/mol. The van der Waals surface area contributed by atoms with Crippen molar-refractivity contribution in [2.75, 3.05) is 11.9 Å². The summed E-state index contributed by atoms with van der Waals surface area (Å²) in [5, 5.41) is 0. The molecule has 0 bridgehead atoms. The molecule has 1 aliphatic carbocycles. The third kappa shape index (κ3) is 3.56. The molecule has 0 saturated heterocycles. The molecule has 5 rings (SSSR count). The van der Waals surface area contributed by atoms with E-state index in [1.807, 2.05) is 0 Å². The Morgan fingerprint density at radius 2 is 1.30 bits per heavy atom. The van der Waals surface area contributed by atoms with Gasteiger partial charge in [-0.05, 0) is 63.1 Å². The zero-order chi connectivity index (χ0) is 23.4. The van der Waals surface area contributed by atoms with Crippen molar-refractivity contribution in [2.45, 2.75) is 45.4 Å². The first-order valence-electron chi connectivity index (χ1n) is 11.9. The van der Waals surface area contributed by atoms with E-state index >= 15 is 0 Å². The van der Waals surface area contributed by atoms with E-state index in [4.69, 9.17) is 0 Å². The predicted octanol–water partition coefficient (Wildman–Crippen LogP) is 8.73. The van der Waals surface area contributed by atoms with E-state index < -0.39 is 0 Å². The highest BCUT2D eigenvalue weighted by atomic mass is 15.1. The second-order valence-corrected chi connectivity index (χ2v) is 10.8. The number of benzene rings is 4. The Kier molecular flexibility index (Phi) is 4.97. The molecule has 166 valence electrons. The maximum absolute atomic E-state index is 2.39. The molecule has 0 N–H and O–H groups in total. The van der Waals surface area contributed by atoms with Gasteiger partial charge in [0, 0.05) is 29.4 Å². The molecule has 0 fully saturated rings. The molecule has 0 amide bonds. The summed E-state index contributed by atoms with van der Waals surface area (Å²) in [4.78, 5) is 2.34. The number of hydrogen-bond donors (Lipinski definition) is 0. The number of anilines is 2. The molecule has 1 heteroatoms. The molecule has 0 atom stereocenters. The van der Waals surface area contributed by atoms with Crippen LogP contribution < -0.4 is 4.90 Å². The van der Waals surface area contributed by atoms with Gasteiger partial charge in [0.2, 0.25) is 0 Å². The van der Waals surface area contributed by atoms with Gasteiger partial charge in [-0.1, -0.05) is 101 Å². The summed E-state index contributed by atoms with van der Waals surface area (Å²) in [7, 11) is 2.19. The lowest BCUT2D eigenvalue weighted by Crippen LogP contribution is -2.17. The van der Waals surface area contributed by atoms with Crippen LogP contribution in [0.5, 0.6) is 0 Å². The lowest BCUT2D eigenvalue weighted by molar-refractivity contribution is 0.590. The zero-order valence-electron chi connectivity index (χ0n) is 20.6. The minimum atomic E-state index is 0.00112. The lowest BCUT2D eigenvalue weighted by Gasteiger charge is -2.28. The molecule has 0 heterocycles. The number of hydrogen-bond acceptors (Lipinski definition) is 1. The van der Waals surface area contributed by atoms with E-state index in [1.165, 1.54) is 50.3 Å². The van der Waals surface area contributed by atoms with Gasteiger partial charge in [0.05, 0.1) is 0 Å². The highest BCUT2D eigenvalue weighted by molar-refractivity contribution is 5.86. The summed E-state index contributed by atoms with van der Waals surface area (Å²) < 4.78 is 0. The molecule has 4 aromatic carbocycles. The topological polar surface area (TPSA) is 3.24 Å². The third-order valence-electron chi connectivity index (χ3n) is 7.26. The Hall–Kier alpha value is -3.32. The molecule has 0 saturated carbocycles. The van der Waals surface area contributed by atoms with Crippen LogP contribution in [0.15, 0.2) is 91.0 Å². The Balaban J connectivity index is 1.63. The predicted molar refractivity (Wildman–Crippen MR) is 143 cm³/mol. The zero-order valence-corrected chi connectivity index (χ0v) is 20.6. The third-order valence-corrected chi connectivity index (χ3v) is 7.26. The molecule has 0 radical (unpaired) electrons. The largest absolute Gasteiger partial charge is 0.344 e. The van der Waals surface area contributed by atoms with Crippen molar-refractivity contribution in [1.29, 1.82) is 0 Å². The van der Waals surface area contributed by atoms with Crippen molar-refractivity contribution in [1.82, 2.24) is 0 Å². The number of nitrogens with zero attached hydrogens (tertiary/aromatic N) is 1. The van der Waals surface area contributed by atoms with Gasteiger partial charge in [-0.2, -0.15) is 0 Å². The maximum Gasteiger partial charge on any atom is 0.0487 e. The Morgan fingerprint density at radius 3 is 2.03 bits per heavy atom. The summed E-state index contributed by atoms with van der Waals surface area (Å²) in [5.41, 5.74) is 12.0. The maximum atomic E-state index is 2.39. The molecule has 1 nitrogen and oxygen atoms in total. The summed E-state index contributed by atoms with van der Waals surface area (Å²) in [6.45, 7) is 11.5. The Bertz CT molecular complexity index is 1320. The quantitative estimate of drug-likeness (QED) is 0.313. The van der Waals surface area contributed by atoms with E-state index in [0.29, 0.717) is 0 Å². The highest BCUT2D eigenvalue weighted by Gasteiger charge is 2.35. The van der Waals surface area contributed by atoms with Gasteiger partial charge >= 0.3 is 0 Å². The first-order chi connectivity index (χ1) is 15.7.